The first-order chi connectivity index (χ1) is 27.7. The molecule has 0 fully saturated rings. The van der Waals surface area contributed by atoms with Crippen LogP contribution >= 0.6 is 11.3 Å². The summed E-state index contributed by atoms with van der Waals surface area (Å²) in [5.74, 6) is 3.68. The van der Waals surface area contributed by atoms with Crippen molar-refractivity contribution in [2.24, 2.45) is 0 Å². The van der Waals surface area contributed by atoms with Crippen molar-refractivity contribution in [3.63, 3.8) is 0 Å². The lowest BCUT2D eigenvalue weighted by Gasteiger charge is -2.09. The standard InChI is InChI=1S/C48H28N6OS/c1-4-14-29(15-5-1)43-49-44(30-16-6-2-7-17-30)53-48(52-43)37-23-12-21-34-33-27-26-32(28-40(33)56-42(34)37)46-50-45(31-18-8-3-9-19-31)51-47(54-46)36-22-13-25-39-41(36)35-20-10-11-24-38(35)55-39/h1-28H. The van der Waals surface area contributed by atoms with Crippen LogP contribution in [0.1, 0.15) is 0 Å². The lowest BCUT2D eigenvalue weighted by molar-refractivity contribution is 0.669. The van der Waals surface area contributed by atoms with Crippen molar-refractivity contribution >= 4 is 53.4 Å². The molecule has 0 radical (unpaired) electrons. The molecule has 56 heavy (non-hydrogen) atoms. The highest BCUT2D eigenvalue weighted by Crippen LogP contribution is 2.42. The number of aromatic nitrogens is 6. The highest BCUT2D eigenvalue weighted by molar-refractivity contribution is 7.26. The lowest BCUT2D eigenvalue weighted by Crippen LogP contribution is -2.00. The van der Waals surface area contributed by atoms with Crippen LogP contribution in [0.5, 0.6) is 0 Å². The van der Waals surface area contributed by atoms with Gasteiger partial charge in [-0.3, -0.25) is 0 Å². The number of fused-ring (bicyclic) bond motifs is 6. The van der Waals surface area contributed by atoms with Crippen LogP contribution in [0.2, 0.25) is 0 Å². The molecule has 0 aliphatic carbocycles. The molecule has 4 aromatic heterocycles. The van der Waals surface area contributed by atoms with E-state index in [1.165, 1.54) is 0 Å². The van der Waals surface area contributed by atoms with Crippen molar-refractivity contribution < 1.29 is 4.42 Å². The van der Waals surface area contributed by atoms with Gasteiger partial charge in [0.05, 0.1) is 0 Å². The van der Waals surface area contributed by atoms with Gasteiger partial charge in [-0.15, -0.1) is 11.3 Å². The number of furan rings is 1. The number of benzene rings is 7. The Morgan fingerprint density at radius 2 is 0.821 bits per heavy atom. The van der Waals surface area contributed by atoms with Gasteiger partial charge in [-0.2, -0.15) is 0 Å². The monoisotopic (exact) mass is 736 g/mol. The molecule has 0 unspecified atom stereocenters. The first-order valence-corrected chi connectivity index (χ1v) is 19.1. The van der Waals surface area contributed by atoms with Crippen molar-refractivity contribution in [2.45, 2.75) is 0 Å². The zero-order chi connectivity index (χ0) is 37.0. The molecule has 0 aliphatic heterocycles. The van der Waals surface area contributed by atoms with E-state index in [1.54, 1.807) is 11.3 Å². The predicted octanol–water partition coefficient (Wildman–Crippen LogP) is 12.3. The minimum Gasteiger partial charge on any atom is -0.456 e. The Morgan fingerprint density at radius 3 is 1.46 bits per heavy atom. The third-order valence-corrected chi connectivity index (χ3v) is 11.2. The Labute approximate surface area is 324 Å². The second-order valence-corrected chi connectivity index (χ2v) is 14.5. The van der Waals surface area contributed by atoms with Crippen molar-refractivity contribution in [1.29, 1.82) is 0 Å². The minimum atomic E-state index is 0.586. The van der Waals surface area contributed by atoms with Gasteiger partial charge in [-0.05, 0) is 24.3 Å². The number of hydrogen-bond acceptors (Lipinski definition) is 8. The molecule has 0 amide bonds. The molecular weight excluding hydrogens is 709 g/mol. The third-order valence-electron chi connectivity index (χ3n) is 10.0. The third kappa shape index (κ3) is 5.51. The van der Waals surface area contributed by atoms with Crippen LogP contribution in [0, 0.1) is 0 Å². The molecule has 0 N–H and O–H groups in total. The van der Waals surface area contributed by atoms with Gasteiger partial charge in [0.1, 0.15) is 11.2 Å². The number of para-hydroxylation sites is 1. The number of nitrogens with zero attached hydrogens (tertiary/aromatic N) is 6. The van der Waals surface area contributed by atoms with E-state index in [0.29, 0.717) is 34.9 Å². The highest BCUT2D eigenvalue weighted by atomic mass is 32.1. The average Bonchev–Trinajstić information content (AvgIpc) is 3.85. The van der Waals surface area contributed by atoms with Crippen LogP contribution < -0.4 is 0 Å². The average molecular weight is 737 g/mol. The molecule has 262 valence electrons. The molecule has 0 saturated heterocycles. The van der Waals surface area contributed by atoms with Crippen molar-refractivity contribution in [1.82, 2.24) is 29.9 Å². The first-order valence-electron chi connectivity index (χ1n) is 18.3. The fourth-order valence-electron chi connectivity index (χ4n) is 7.35. The minimum absolute atomic E-state index is 0.586. The molecule has 7 aromatic carbocycles. The maximum Gasteiger partial charge on any atom is 0.165 e. The Kier molecular flexibility index (Phi) is 7.53. The maximum absolute atomic E-state index is 6.24. The highest BCUT2D eigenvalue weighted by Gasteiger charge is 2.20. The van der Waals surface area contributed by atoms with E-state index in [4.69, 9.17) is 34.3 Å². The molecule has 7 nitrogen and oxygen atoms in total. The summed E-state index contributed by atoms with van der Waals surface area (Å²) in [6.07, 6.45) is 0. The molecule has 0 saturated carbocycles. The fraction of sp³-hybridized carbons (Fsp3) is 0. The summed E-state index contributed by atoms with van der Waals surface area (Å²) in [6.45, 7) is 0. The van der Waals surface area contributed by atoms with Gasteiger partial charge >= 0.3 is 0 Å². The van der Waals surface area contributed by atoms with E-state index in [9.17, 15) is 0 Å². The molecule has 0 bridgehead atoms. The molecule has 11 rings (SSSR count). The van der Waals surface area contributed by atoms with Gasteiger partial charge in [0, 0.05) is 64.3 Å². The molecule has 0 spiro atoms. The Hall–Kier alpha value is -7.42. The first kappa shape index (κ1) is 32.0. The van der Waals surface area contributed by atoms with E-state index in [-0.39, 0.29) is 0 Å². The fourth-order valence-corrected chi connectivity index (χ4v) is 8.60. The zero-order valence-corrected chi connectivity index (χ0v) is 30.5. The molecule has 11 aromatic rings. The topological polar surface area (TPSA) is 90.5 Å². The van der Waals surface area contributed by atoms with Gasteiger partial charge in [0.2, 0.25) is 0 Å². The Balaban J connectivity index is 1.08. The predicted molar refractivity (Wildman–Crippen MR) is 226 cm³/mol. The van der Waals surface area contributed by atoms with E-state index < -0.39 is 0 Å². The molecule has 4 heterocycles. The second kappa shape index (κ2) is 13.2. The largest absolute Gasteiger partial charge is 0.456 e. The zero-order valence-electron chi connectivity index (χ0n) is 29.7. The quantitative estimate of drug-likeness (QED) is 0.168. The van der Waals surface area contributed by atoms with E-state index in [2.05, 4.69) is 48.5 Å². The van der Waals surface area contributed by atoms with Gasteiger partial charge < -0.3 is 4.42 Å². The number of thiophene rings is 1. The summed E-state index contributed by atoms with van der Waals surface area (Å²) in [5, 5.41) is 4.28. The van der Waals surface area contributed by atoms with E-state index in [1.807, 2.05) is 121 Å². The normalized spacial score (nSPS) is 11.6. The maximum atomic E-state index is 6.24. The molecule has 0 atom stereocenters. The van der Waals surface area contributed by atoms with Gasteiger partial charge in [0.15, 0.2) is 34.9 Å². The van der Waals surface area contributed by atoms with Crippen LogP contribution in [-0.2, 0) is 0 Å². The van der Waals surface area contributed by atoms with Crippen molar-refractivity contribution in [3.8, 4) is 68.3 Å². The van der Waals surface area contributed by atoms with Crippen LogP contribution in [0.25, 0.3) is 110 Å². The van der Waals surface area contributed by atoms with Gasteiger partial charge in [0.25, 0.3) is 0 Å². The summed E-state index contributed by atoms with van der Waals surface area (Å²) in [7, 11) is 0. The van der Waals surface area contributed by atoms with Crippen molar-refractivity contribution in [2.75, 3.05) is 0 Å². The van der Waals surface area contributed by atoms with E-state index in [0.717, 1.165) is 75.5 Å². The van der Waals surface area contributed by atoms with Crippen LogP contribution in [0.15, 0.2) is 174 Å². The summed E-state index contributed by atoms with van der Waals surface area (Å²) < 4.78 is 8.45. The SMILES string of the molecule is c1ccc(-c2nc(-c3ccccc3)nc(-c3cccc4c3sc3cc(-c5nc(-c6ccccc6)nc(-c6cccc7oc8ccccc8c67)n5)ccc34)n2)cc1. The Morgan fingerprint density at radius 1 is 0.339 bits per heavy atom. The van der Waals surface area contributed by atoms with Crippen LogP contribution in [-0.4, -0.2) is 29.9 Å². The summed E-state index contributed by atoms with van der Waals surface area (Å²) in [6, 6.07) is 57.1. The summed E-state index contributed by atoms with van der Waals surface area (Å²) >= 11 is 1.72. The van der Waals surface area contributed by atoms with Gasteiger partial charge in [-0.25, -0.2) is 29.9 Å². The Bertz CT molecular complexity index is 3200. The smallest absolute Gasteiger partial charge is 0.165 e. The number of hydrogen-bond donors (Lipinski definition) is 0. The van der Waals surface area contributed by atoms with Crippen LogP contribution in [0.4, 0.5) is 0 Å². The second-order valence-electron chi connectivity index (χ2n) is 13.5. The lowest BCUT2D eigenvalue weighted by atomic mass is 10.0. The number of rotatable bonds is 6. The molecular formula is C48H28N6OS. The molecule has 8 heteroatoms. The van der Waals surface area contributed by atoms with E-state index >= 15 is 0 Å². The van der Waals surface area contributed by atoms with Crippen LogP contribution in [0.3, 0.4) is 0 Å². The molecule has 0 aliphatic rings. The summed E-state index contributed by atoms with van der Waals surface area (Å²) in [5.41, 5.74) is 7.14. The van der Waals surface area contributed by atoms with Crippen molar-refractivity contribution in [3.05, 3.63) is 170 Å². The van der Waals surface area contributed by atoms with Gasteiger partial charge in [-0.1, -0.05) is 146 Å². The summed E-state index contributed by atoms with van der Waals surface area (Å²) in [4.78, 5) is 30.3.